The van der Waals surface area contributed by atoms with Gasteiger partial charge in [-0.1, -0.05) is 66.6 Å². The summed E-state index contributed by atoms with van der Waals surface area (Å²) in [5, 5.41) is 0. The van der Waals surface area contributed by atoms with Crippen LogP contribution in [0, 0.1) is 11.8 Å². The standard InChI is InChI=1S/C17H12O/c18-17(16-12-5-2-6-13-16)14-8-7-11-15-9-3-1-4-10-15/h1-7,9-13H. The van der Waals surface area contributed by atoms with E-state index in [1.54, 1.807) is 18.2 Å². The molecule has 0 saturated heterocycles. The third kappa shape index (κ3) is 3.47. The van der Waals surface area contributed by atoms with Crippen LogP contribution in [-0.2, 0) is 0 Å². The molecule has 0 bridgehead atoms. The minimum absolute atomic E-state index is 0.159. The third-order valence-electron chi connectivity index (χ3n) is 2.38. The zero-order valence-corrected chi connectivity index (χ0v) is 9.84. The van der Waals surface area contributed by atoms with Crippen molar-refractivity contribution < 1.29 is 4.79 Å². The first kappa shape index (κ1) is 11.9. The fraction of sp³-hybridized carbons (Fsp3) is 0. The average Bonchev–Trinajstić information content (AvgIpc) is 2.45. The van der Waals surface area contributed by atoms with E-state index in [9.17, 15) is 4.79 Å². The fourth-order valence-electron chi connectivity index (χ4n) is 1.47. The molecular formula is C17H12O. The number of carbonyl (C=O) groups excluding carboxylic acids is 1. The monoisotopic (exact) mass is 232 g/mol. The number of benzene rings is 2. The lowest BCUT2D eigenvalue weighted by molar-refractivity contribution is 0.105. The summed E-state index contributed by atoms with van der Waals surface area (Å²) in [6.45, 7) is 0. The van der Waals surface area contributed by atoms with Gasteiger partial charge in [-0.3, -0.25) is 4.79 Å². The molecule has 0 spiro atoms. The predicted molar refractivity (Wildman–Crippen MR) is 74.0 cm³/mol. The number of Topliss-reactive ketones (excluding diaryl/α,β-unsaturated/α-hetero) is 1. The fourth-order valence-corrected chi connectivity index (χ4v) is 1.47. The molecule has 2 rings (SSSR count). The van der Waals surface area contributed by atoms with E-state index in [1.807, 2.05) is 54.6 Å². The van der Waals surface area contributed by atoms with E-state index in [0.717, 1.165) is 5.56 Å². The van der Waals surface area contributed by atoms with Crippen LogP contribution < -0.4 is 0 Å². The molecule has 0 aliphatic rings. The van der Waals surface area contributed by atoms with E-state index in [-0.39, 0.29) is 5.78 Å². The number of hydrogen-bond acceptors (Lipinski definition) is 1. The van der Waals surface area contributed by atoms with Crippen LogP contribution in [0.25, 0.3) is 6.08 Å². The van der Waals surface area contributed by atoms with E-state index in [0.29, 0.717) is 5.56 Å². The minimum Gasteiger partial charge on any atom is -0.279 e. The van der Waals surface area contributed by atoms with Crippen LogP contribution in [-0.4, -0.2) is 5.78 Å². The smallest absolute Gasteiger partial charge is 0.236 e. The Hall–Kier alpha value is -2.59. The highest BCUT2D eigenvalue weighted by Crippen LogP contribution is 2.01. The lowest BCUT2D eigenvalue weighted by Crippen LogP contribution is -1.92. The van der Waals surface area contributed by atoms with Crippen molar-refractivity contribution in [2.45, 2.75) is 0 Å². The number of allylic oxidation sites excluding steroid dienone is 1. The maximum Gasteiger partial charge on any atom is 0.236 e. The van der Waals surface area contributed by atoms with Crippen molar-refractivity contribution in [1.29, 1.82) is 0 Å². The Labute approximate surface area is 107 Å². The van der Waals surface area contributed by atoms with Crippen LogP contribution >= 0.6 is 0 Å². The van der Waals surface area contributed by atoms with E-state index in [4.69, 9.17) is 0 Å². The van der Waals surface area contributed by atoms with Crippen molar-refractivity contribution in [2.24, 2.45) is 0 Å². The molecule has 86 valence electrons. The van der Waals surface area contributed by atoms with Crippen molar-refractivity contribution in [3.05, 3.63) is 77.9 Å². The normalized spacial score (nSPS) is 9.78. The van der Waals surface area contributed by atoms with Crippen molar-refractivity contribution in [1.82, 2.24) is 0 Å². The van der Waals surface area contributed by atoms with Crippen LogP contribution in [0.15, 0.2) is 66.7 Å². The van der Waals surface area contributed by atoms with Crippen molar-refractivity contribution in [3.63, 3.8) is 0 Å². The highest BCUT2D eigenvalue weighted by molar-refractivity contribution is 6.09. The number of carbonyl (C=O) groups is 1. The summed E-state index contributed by atoms with van der Waals surface area (Å²) in [4.78, 5) is 11.6. The van der Waals surface area contributed by atoms with Gasteiger partial charge in [0.05, 0.1) is 0 Å². The Morgan fingerprint density at radius 2 is 1.50 bits per heavy atom. The minimum atomic E-state index is -0.159. The van der Waals surface area contributed by atoms with Crippen LogP contribution in [0.3, 0.4) is 0 Å². The van der Waals surface area contributed by atoms with Gasteiger partial charge >= 0.3 is 0 Å². The van der Waals surface area contributed by atoms with Gasteiger partial charge in [-0.15, -0.1) is 0 Å². The molecule has 0 amide bonds. The van der Waals surface area contributed by atoms with Gasteiger partial charge in [0.15, 0.2) is 0 Å². The second kappa shape index (κ2) is 6.22. The second-order valence-electron chi connectivity index (χ2n) is 3.71. The molecule has 18 heavy (non-hydrogen) atoms. The summed E-state index contributed by atoms with van der Waals surface area (Å²) in [7, 11) is 0. The lowest BCUT2D eigenvalue weighted by Gasteiger charge is -1.90. The average molecular weight is 232 g/mol. The molecule has 0 saturated carbocycles. The lowest BCUT2D eigenvalue weighted by atomic mass is 10.1. The summed E-state index contributed by atoms with van der Waals surface area (Å²) >= 11 is 0. The summed E-state index contributed by atoms with van der Waals surface area (Å²) in [5.41, 5.74) is 1.69. The van der Waals surface area contributed by atoms with Crippen LogP contribution in [0.1, 0.15) is 15.9 Å². The molecular weight excluding hydrogens is 220 g/mol. The Morgan fingerprint density at radius 3 is 2.17 bits per heavy atom. The van der Waals surface area contributed by atoms with Crippen LogP contribution in [0.2, 0.25) is 0 Å². The molecule has 1 heteroatoms. The van der Waals surface area contributed by atoms with Gasteiger partial charge in [0.2, 0.25) is 5.78 Å². The summed E-state index contributed by atoms with van der Waals surface area (Å²) < 4.78 is 0. The Bertz CT molecular complexity index is 598. The zero-order chi connectivity index (χ0) is 12.6. The van der Waals surface area contributed by atoms with E-state index in [1.165, 1.54) is 0 Å². The Kier molecular flexibility index (Phi) is 4.11. The second-order valence-corrected chi connectivity index (χ2v) is 3.71. The maximum atomic E-state index is 11.6. The van der Waals surface area contributed by atoms with Gasteiger partial charge in [-0.2, -0.15) is 0 Å². The van der Waals surface area contributed by atoms with Crippen LogP contribution in [0.4, 0.5) is 0 Å². The molecule has 2 aromatic carbocycles. The molecule has 0 aromatic heterocycles. The van der Waals surface area contributed by atoms with E-state index in [2.05, 4.69) is 11.8 Å². The Morgan fingerprint density at radius 1 is 0.889 bits per heavy atom. The molecule has 0 unspecified atom stereocenters. The molecule has 0 N–H and O–H groups in total. The summed E-state index contributed by atoms with van der Waals surface area (Å²) in [6, 6.07) is 18.9. The zero-order valence-electron chi connectivity index (χ0n) is 9.84. The molecule has 0 fully saturated rings. The van der Waals surface area contributed by atoms with E-state index >= 15 is 0 Å². The molecule has 0 heterocycles. The van der Waals surface area contributed by atoms with Gasteiger partial charge < -0.3 is 0 Å². The highest BCUT2D eigenvalue weighted by atomic mass is 16.1. The van der Waals surface area contributed by atoms with Crippen molar-refractivity contribution in [3.8, 4) is 11.8 Å². The summed E-state index contributed by atoms with van der Waals surface area (Å²) in [5.74, 6) is 5.19. The quantitative estimate of drug-likeness (QED) is 0.439. The molecule has 0 aliphatic carbocycles. The van der Waals surface area contributed by atoms with E-state index < -0.39 is 0 Å². The van der Waals surface area contributed by atoms with Gasteiger partial charge in [0.1, 0.15) is 0 Å². The molecule has 2 aromatic rings. The SMILES string of the molecule is O=C(C#CC=Cc1ccccc1)c1ccccc1. The topological polar surface area (TPSA) is 17.1 Å². The first-order chi connectivity index (χ1) is 8.86. The predicted octanol–water partition coefficient (Wildman–Crippen LogP) is 3.59. The number of hydrogen-bond donors (Lipinski definition) is 0. The summed E-state index contributed by atoms with van der Waals surface area (Å²) in [6.07, 6.45) is 3.57. The van der Waals surface area contributed by atoms with Gasteiger partial charge in [-0.05, 0) is 23.6 Å². The molecule has 0 atom stereocenters. The number of rotatable bonds is 2. The van der Waals surface area contributed by atoms with Crippen molar-refractivity contribution in [2.75, 3.05) is 0 Å². The first-order valence-corrected chi connectivity index (χ1v) is 5.69. The molecule has 1 nitrogen and oxygen atoms in total. The Balaban J connectivity index is 2.02. The largest absolute Gasteiger partial charge is 0.279 e. The van der Waals surface area contributed by atoms with Gasteiger partial charge in [-0.25, -0.2) is 0 Å². The third-order valence-corrected chi connectivity index (χ3v) is 2.38. The highest BCUT2D eigenvalue weighted by Gasteiger charge is 1.97. The first-order valence-electron chi connectivity index (χ1n) is 5.69. The molecule has 0 radical (unpaired) electrons. The van der Waals surface area contributed by atoms with Crippen molar-refractivity contribution >= 4 is 11.9 Å². The number of ketones is 1. The van der Waals surface area contributed by atoms with Gasteiger partial charge in [0, 0.05) is 5.56 Å². The van der Waals surface area contributed by atoms with Crippen LogP contribution in [0.5, 0.6) is 0 Å². The maximum absolute atomic E-state index is 11.6. The molecule has 0 aliphatic heterocycles. The van der Waals surface area contributed by atoms with Gasteiger partial charge in [0.25, 0.3) is 0 Å².